The van der Waals surface area contributed by atoms with Crippen molar-refractivity contribution >= 4 is 27.5 Å². The van der Waals surface area contributed by atoms with Crippen molar-refractivity contribution in [3.05, 3.63) is 64.2 Å². The molecule has 0 saturated heterocycles. The summed E-state index contributed by atoms with van der Waals surface area (Å²) in [5.41, 5.74) is 1.11. The molecule has 0 fully saturated rings. The normalized spacial score (nSPS) is 12.2. The van der Waals surface area contributed by atoms with Crippen LogP contribution in [-0.2, 0) is 6.42 Å². The molecule has 0 aliphatic heterocycles. The van der Waals surface area contributed by atoms with Gasteiger partial charge in [0, 0.05) is 9.85 Å². The summed E-state index contributed by atoms with van der Waals surface area (Å²) < 4.78 is 31.9. The van der Waals surface area contributed by atoms with E-state index in [1.165, 1.54) is 6.07 Å². The lowest BCUT2D eigenvalue weighted by Gasteiger charge is -2.14. The molecule has 0 saturated carbocycles. The van der Waals surface area contributed by atoms with E-state index in [0.717, 1.165) is 11.6 Å². The zero-order chi connectivity index (χ0) is 14.7. The molecule has 0 heterocycles. The Balaban J connectivity index is 2.24. The third kappa shape index (κ3) is 3.30. The fraction of sp³-hybridized carbons (Fsp3) is 0.200. The standard InChI is InChI=1S/C15H12BrClF2O/c1-20-10-5-6-11(13(17)8-10)12(16)7-9-3-2-4-14(18)15(9)19/h2-6,8,12H,7H2,1H3. The van der Waals surface area contributed by atoms with Crippen molar-refractivity contribution in [2.45, 2.75) is 11.2 Å². The molecular formula is C15H12BrClF2O. The second-order valence-corrected chi connectivity index (χ2v) is 5.78. The Morgan fingerprint density at radius 3 is 2.65 bits per heavy atom. The number of benzene rings is 2. The molecule has 0 spiro atoms. The van der Waals surface area contributed by atoms with Gasteiger partial charge >= 0.3 is 0 Å². The highest BCUT2D eigenvalue weighted by atomic mass is 79.9. The molecule has 0 radical (unpaired) electrons. The lowest BCUT2D eigenvalue weighted by molar-refractivity contribution is 0.414. The van der Waals surface area contributed by atoms with Crippen LogP contribution in [0.15, 0.2) is 36.4 Å². The summed E-state index contributed by atoms with van der Waals surface area (Å²) in [7, 11) is 1.55. The molecule has 0 bridgehead atoms. The molecule has 2 rings (SSSR count). The van der Waals surface area contributed by atoms with E-state index < -0.39 is 11.6 Å². The van der Waals surface area contributed by atoms with Gasteiger partial charge in [-0.2, -0.15) is 0 Å². The molecule has 0 aromatic heterocycles. The van der Waals surface area contributed by atoms with E-state index in [0.29, 0.717) is 22.8 Å². The average molecular weight is 362 g/mol. The summed E-state index contributed by atoms with van der Waals surface area (Å²) in [4.78, 5) is -0.211. The third-order valence-corrected chi connectivity index (χ3v) is 4.12. The first-order valence-electron chi connectivity index (χ1n) is 5.93. The monoisotopic (exact) mass is 360 g/mol. The van der Waals surface area contributed by atoms with Crippen molar-refractivity contribution in [3.8, 4) is 5.75 Å². The Morgan fingerprint density at radius 2 is 2.00 bits per heavy atom. The lowest BCUT2D eigenvalue weighted by atomic mass is 10.0. The summed E-state index contributed by atoms with van der Waals surface area (Å²) in [5, 5.41) is 0.517. The number of alkyl halides is 1. The van der Waals surface area contributed by atoms with Crippen molar-refractivity contribution < 1.29 is 13.5 Å². The van der Waals surface area contributed by atoms with Crippen LogP contribution in [-0.4, -0.2) is 7.11 Å². The minimum absolute atomic E-state index is 0.211. The van der Waals surface area contributed by atoms with Gasteiger partial charge in [-0.1, -0.05) is 45.7 Å². The molecule has 20 heavy (non-hydrogen) atoms. The Labute approximate surface area is 129 Å². The maximum absolute atomic E-state index is 13.6. The van der Waals surface area contributed by atoms with Crippen molar-refractivity contribution in [1.29, 1.82) is 0 Å². The topological polar surface area (TPSA) is 9.23 Å². The zero-order valence-corrected chi connectivity index (χ0v) is 13.0. The fourth-order valence-electron chi connectivity index (χ4n) is 1.90. The number of hydrogen-bond acceptors (Lipinski definition) is 1. The van der Waals surface area contributed by atoms with Crippen LogP contribution in [0.25, 0.3) is 0 Å². The van der Waals surface area contributed by atoms with Gasteiger partial charge in [0.05, 0.1) is 7.11 Å². The summed E-state index contributed by atoms with van der Waals surface area (Å²) in [5.74, 6) is -1.01. The Kier molecular flexibility index (Phi) is 5.00. The van der Waals surface area contributed by atoms with Gasteiger partial charge in [-0.05, 0) is 35.7 Å². The quantitative estimate of drug-likeness (QED) is 0.671. The van der Waals surface area contributed by atoms with Gasteiger partial charge in [0.15, 0.2) is 11.6 Å². The third-order valence-electron chi connectivity index (χ3n) is 2.98. The molecular weight excluding hydrogens is 350 g/mol. The molecule has 0 amide bonds. The highest BCUT2D eigenvalue weighted by Crippen LogP contribution is 2.35. The smallest absolute Gasteiger partial charge is 0.162 e. The van der Waals surface area contributed by atoms with E-state index in [4.69, 9.17) is 16.3 Å². The number of halogens is 4. The minimum Gasteiger partial charge on any atom is -0.497 e. The highest BCUT2D eigenvalue weighted by Gasteiger charge is 2.16. The summed E-state index contributed by atoms with van der Waals surface area (Å²) in [6.07, 6.45) is 0.301. The van der Waals surface area contributed by atoms with Crippen molar-refractivity contribution in [3.63, 3.8) is 0 Å². The van der Waals surface area contributed by atoms with Crippen LogP contribution in [0.5, 0.6) is 5.75 Å². The predicted octanol–water partition coefficient (Wildman–Crippen LogP) is 5.31. The van der Waals surface area contributed by atoms with Crippen LogP contribution >= 0.6 is 27.5 Å². The Bertz CT molecular complexity index is 619. The van der Waals surface area contributed by atoms with E-state index >= 15 is 0 Å². The zero-order valence-electron chi connectivity index (χ0n) is 10.7. The van der Waals surface area contributed by atoms with Gasteiger partial charge in [-0.25, -0.2) is 8.78 Å². The van der Waals surface area contributed by atoms with Gasteiger partial charge in [-0.3, -0.25) is 0 Å². The van der Waals surface area contributed by atoms with Crippen LogP contribution in [0.1, 0.15) is 16.0 Å². The van der Waals surface area contributed by atoms with Gasteiger partial charge in [0.25, 0.3) is 0 Å². The van der Waals surface area contributed by atoms with E-state index in [-0.39, 0.29) is 4.83 Å². The molecule has 1 unspecified atom stereocenters. The maximum atomic E-state index is 13.6. The maximum Gasteiger partial charge on any atom is 0.162 e. The van der Waals surface area contributed by atoms with Crippen molar-refractivity contribution in [2.24, 2.45) is 0 Å². The second-order valence-electron chi connectivity index (χ2n) is 4.27. The van der Waals surface area contributed by atoms with Crippen LogP contribution in [0.2, 0.25) is 5.02 Å². The highest BCUT2D eigenvalue weighted by molar-refractivity contribution is 9.09. The molecule has 2 aromatic rings. The van der Waals surface area contributed by atoms with Gasteiger partial charge in [0.2, 0.25) is 0 Å². The fourth-order valence-corrected chi connectivity index (χ4v) is 3.08. The average Bonchev–Trinajstić information content (AvgIpc) is 2.43. The Hall–Kier alpha value is -1.13. The van der Waals surface area contributed by atoms with Crippen LogP contribution in [0.4, 0.5) is 8.78 Å². The van der Waals surface area contributed by atoms with Crippen LogP contribution in [0, 0.1) is 11.6 Å². The number of hydrogen-bond donors (Lipinski definition) is 0. The molecule has 5 heteroatoms. The van der Waals surface area contributed by atoms with Crippen LogP contribution < -0.4 is 4.74 Å². The second kappa shape index (κ2) is 6.55. The number of ether oxygens (including phenoxy) is 1. The van der Waals surface area contributed by atoms with Gasteiger partial charge in [0.1, 0.15) is 5.75 Å². The Morgan fingerprint density at radius 1 is 1.25 bits per heavy atom. The minimum atomic E-state index is -0.844. The largest absolute Gasteiger partial charge is 0.497 e. The molecule has 0 N–H and O–H groups in total. The molecule has 0 aliphatic carbocycles. The van der Waals surface area contributed by atoms with E-state index in [1.54, 1.807) is 31.4 Å². The predicted molar refractivity (Wildman–Crippen MR) is 79.7 cm³/mol. The first kappa shape index (κ1) is 15.3. The summed E-state index contributed by atoms with van der Waals surface area (Å²) >= 11 is 9.63. The van der Waals surface area contributed by atoms with Crippen molar-refractivity contribution in [2.75, 3.05) is 7.11 Å². The van der Waals surface area contributed by atoms with E-state index in [2.05, 4.69) is 15.9 Å². The first-order chi connectivity index (χ1) is 9.52. The summed E-state index contributed by atoms with van der Waals surface area (Å²) in [6, 6.07) is 9.41. The molecule has 1 nitrogen and oxygen atoms in total. The lowest BCUT2D eigenvalue weighted by Crippen LogP contribution is -2.01. The summed E-state index contributed by atoms with van der Waals surface area (Å²) in [6.45, 7) is 0. The van der Waals surface area contributed by atoms with Gasteiger partial charge < -0.3 is 4.74 Å². The molecule has 106 valence electrons. The number of rotatable bonds is 4. The van der Waals surface area contributed by atoms with Crippen molar-refractivity contribution in [1.82, 2.24) is 0 Å². The van der Waals surface area contributed by atoms with Crippen LogP contribution in [0.3, 0.4) is 0 Å². The number of methoxy groups -OCH3 is 1. The SMILES string of the molecule is COc1ccc(C(Br)Cc2cccc(F)c2F)c(Cl)c1. The van der Waals surface area contributed by atoms with E-state index in [1.807, 2.05) is 0 Å². The van der Waals surface area contributed by atoms with Gasteiger partial charge in [-0.15, -0.1) is 0 Å². The molecule has 0 aliphatic rings. The van der Waals surface area contributed by atoms with E-state index in [9.17, 15) is 8.78 Å². The molecule has 1 atom stereocenters. The first-order valence-corrected chi connectivity index (χ1v) is 7.22. The molecule has 2 aromatic carbocycles.